The van der Waals surface area contributed by atoms with Gasteiger partial charge in [0.2, 0.25) is 0 Å². The van der Waals surface area contributed by atoms with Crippen molar-refractivity contribution in [2.24, 2.45) is 0 Å². The first-order valence-electron chi connectivity index (χ1n) is 8.85. The van der Waals surface area contributed by atoms with Crippen LogP contribution >= 0.6 is 0 Å². The van der Waals surface area contributed by atoms with Gasteiger partial charge >= 0.3 is 0 Å². The van der Waals surface area contributed by atoms with E-state index in [1.54, 1.807) is 29.3 Å². The van der Waals surface area contributed by atoms with E-state index in [-0.39, 0.29) is 17.6 Å². The summed E-state index contributed by atoms with van der Waals surface area (Å²) in [7, 11) is 1.84. The second kappa shape index (κ2) is 6.53. The third-order valence-corrected chi connectivity index (χ3v) is 5.43. The number of amides is 1. The van der Waals surface area contributed by atoms with Crippen LogP contribution in [-0.2, 0) is 0 Å². The maximum Gasteiger partial charge on any atom is 0.274 e. The van der Waals surface area contributed by atoms with Crippen LogP contribution in [0.1, 0.15) is 36.2 Å². The number of nitrogens with zero attached hydrogens (tertiary/aromatic N) is 4. The van der Waals surface area contributed by atoms with E-state index < -0.39 is 4.92 Å². The Hall–Kier alpha value is -2.74. The highest BCUT2D eigenvalue weighted by Gasteiger charge is 2.36. The number of hydrogen-bond donors (Lipinski definition) is 1. The number of fused-ring (bicyclic) bond motifs is 2. The molecule has 8 heteroatoms. The summed E-state index contributed by atoms with van der Waals surface area (Å²) in [5.74, 6) is -0.111. The predicted octanol–water partition coefficient (Wildman–Crippen LogP) is 2.14. The second-order valence-electron chi connectivity index (χ2n) is 7.10. The smallest absolute Gasteiger partial charge is 0.274 e. The van der Waals surface area contributed by atoms with Crippen LogP contribution in [0.15, 0.2) is 36.5 Å². The first-order chi connectivity index (χ1) is 12.5. The lowest BCUT2D eigenvalue weighted by atomic mass is 9.98. The summed E-state index contributed by atoms with van der Waals surface area (Å²) < 4.78 is 1.50. The molecule has 2 bridgehead atoms. The molecule has 3 heterocycles. The minimum absolute atomic E-state index is 0.00632. The quantitative estimate of drug-likeness (QED) is 0.670. The molecule has 2 fully saturated rings. The lowest BCUT2D eigenvalue weighted by Crippen LogP contribution is -2.48. The van der Waals surface area contributed by atoms with Gasteiger partial charge in [-0.3, -0.25) is 14.9 Å². The molecular formula is C18H21N5O3. The molecule has 136 valence electrons. The zero-order chi connectivity index (χ0) is 18.3. The van der Waals surface area contributed by atoms with Crippen LogP contribution in [0.2, 0.25) is 0 Å². The number of carbonyl (C=O) groups excluding carboxylic acids is 1. The Kier molecular flexibility index (Phi) is 4.20. The molecule has 1 N–H and O–H groups in total. The topological polar surface area (TPSA) is 93.3 Å². The third-order valence-electron chi connectivity index (χ3n) is 5.43. The minimum Gasteiger partial charge on any atom is -0.337 e. The molecule has 0 aliphatic carbocycles. The molecule has 0 saturated carbocycles. The molecule has 0 spiro atoms. The Morgan fingerprint density at radius 1 is 1.31 bits per heavy atom. The Balaban J connectivity index is 1.51. The van der Waals surface area contributed by atoms with Gasteiger partial charge in [-0.1, -0.05) is 6.07 Å². The molecule has 2 aromatic rings. The highest BCUT2D eigenvalue weighted by Crippen LogP contribution is 2.29. The maximum atomic E-state index is 12.8. The van der Waals surface area contributed by atoms with Crippen molar-refractivity contribution in [3.63, 3.8) is 0 Å². The Bertz CT molecular complexity index is 837. The highest BCUT2D eigenvalue weighted by atomic mass is 16.6. The molecule has 2 unspecified atom stereocenters. The number of piperidine rings is 1. The van der Waals surface area contributed by atoms with E-state index >= 15 is 0 Å². The van der Waals surface area contributed by atoms with Crippen LogP contribution in [-0.4, -0.2) is 50.7 Å². The van der Waals surface area contributed by atoms with Crippen LogP contribution in [0.5, 0.6) is 0 Å². The van der Waals surface area contributed by atoms with Gasteiger partial charge in [0.05, 0.1) is 10.6 Å². The summed E-state index contributed by atoms with van der Waals surface area (Å²) in [6, 6.07) is 9.11. The number of carbonyl (C=O) groups is 1. The summed E-state index contributed by atoms with van der Waals surface area (Å²) in [5.41, 5.74) is 0.902. The van der Waals surface area contributed by atoms with Crippen molar-refractivity contribution in [3.8, 4) is 5.69 Å². The van der Waals surface area contributed by atoms with Crippen LogP contribution in [0.25, 0.3) is 5.69 Å². The Morgan fingerprint density at radius 2 is 2.04 bits per heavy atom. The van der Waals surface area contributed by atoms with Crippen molar-refractivity contribution in [3.05, 3.63) is 52.3 Å². The van der Waals surface area contributed by atoms with E-state index in [0.717, 1.165) is 12.8 Å². The molecule has 0 radical (unpaired) electrons. The number of rotatable bonds is 4. The average Bonchev–Trinajstić information content (AvgIpc) is 3.27. The second-order valence-corrected chi connectivity index (χ2v) is 7.10. The highest BCUT2D eigenvalue weighted by molar-refractivity contribution is 5.92. The van der Waals surface area contributed by atoms with E-state index in [1.807, 2.05) is 7.05 Å². The first kappa shape index (κ1) is 16.7. The minimum atomic E-state index is -0.446. The molecule has 2 aliphatic heterocycles. The van der Waals surface area contributed by atoms with Crippen molar-refractivity contribution in [2.75, 3.05) is 7.05 Å². The van der Waals surface area contributed by atoms with Gasteiger partial charge in [-0.25, -0.2) is 4.68 Å². The largest absolute Gasteiger partial charge is 0.337 e. The number of nitrogens with one attached hydrogen (secondary N) is 1. The van der Waals surface area contributed by atoms with Crippen molar-refractivity contribution in [1.82, 2.24) is 20.0 Å². The molecule has 4 rings (SSSR count). The predicted molar refractivity (Wildman–Crippen MR) is 95.3 cm³/mol. The molecule has 1 aromatic carbocycles. The van der Waals surface area contributed by atoms with Crippen molar-refractivity contribution >= 4 is 11.6 Å². The zero-order valence-electron chi connectivity index (χ0n) is 14.5. The van der Waals surface area contributed by atoms with E-state index in [4.69, 9.17) is 0 Å². The SMILES string of the molecule is CN(C(=O)c1ccn(-c2cccc([N+](=O)[O-])c2)n1)C1CC2CCC(C1)N2. The Labute approximate surface area is 150 Å². The number of benzene rings is 1. The summed E-state index contributed by atoms with van der Waals surface area (Å²) in [4.78, 5) is 25.1. The molecule has 2 aliphatic rings. The van der Waals surface area contributed by atoms with Gasteiger partial charge in [0.15, 0.2) is 5.69 Å². The number of nitro benzene ring substituents is 1. The molecule has 1 aromatic heterocycles. The normalized spacial score (nSPS) is 24.4. The van der Waals surface area contributed by atoms with Gasteiger partial charge in [-0.05, 0) is 37.8 Å². The first-order valence-corrected chi connectivity index (χ1v) is 8.85. The molecule has 2 saturated heterocycles. The summed E-state index contributed by atoms with van der Waals surface area (Å²) in [6.07, 6.45) is 5.98. The molecular weight excluding hydrogens is 334 g/mol. The molecule has 1 amide bonds. The van der Waals surface area contributed by atoms with Crippen LogP contribution in [0.4, 0.5) is 5.69 Å². The summed E-state index contributed by atoms with van der Waals surface area (Å²) in [6.45, 7) is 0. The maximum absolute atomic E-state index is 12.8. The van der Waals surface area contributed by atoms with Crippen molar-refractivity contribution in [1.29, 1.82) is 0 Å². The fourth-order valence-electron chi connectivity index (χ4n) is 4.02. The average molecular weight is 355 g/mol. The molecule has 26 heavy (non-hydrogen) atoms. The number of aromatic nitrogens is 2. The summed E-state index contributed by atoms with van der Waals surface area (Å²) >= 11 is 0. The molecule has 2 atom stereocenters. The number of nitro groups is 1. The van der Waals surface area contributed by atoms with Crippen LogP contribution in [0.3, 0.4) is 0 Å². The van der Waals surface area contributed by atoms with Crippen molar-refractivity contribution < 1.29 is 9.72 Å². The fraction of sp³-hybridized carbons (Fsp3) is 0.444. The van der Waals surface area contributed by atoms with E-state index in [1.165, 1.54) is 29.7 Å². The summed E-state index contributed by atoms with van der Waals surface area (Å²) in [5, 5.41) is 18.8. The van der Waals surface area contributed by atoms with Gasteiger partial charge in [-0.15, -0.1) is 0 Å². The van der Waals surface area contributed by atoms with Gasteiger partial charge in [0.25, 0.3) is 11.6 Å². The fourth-order valence-corrected chi connectivity index (χ4v) is 4.02. The van der Waals surface area contributed by atoms with Gasteiger partial charge in [0.1, 0.15) is 0 Å². The zero-order valence-corrected chi connectivity index (χ0v) is 14.5. The lowest BCUT2D eigenvalue weighted by molar-refractivity contribution is -0.384. The molecule has 8 nitrogen and oxygen atoms in total. The Morgan fingerprint density at radius 3 is 2.73 bits per heavy atom. The van der Waals surface area contributed by atoms with Crippen molar-refractivity contribution in [2.45, 2.75) is 43.8 Å². The van der Waals surface area contributed by atoms with Crippen LogP contribution < -0.4 is 5.32 Å². The van der Waals surface area contributed by atoms with Gasteiger partial charge in [-0.2, -0.15) is 5.10 Å². The van der Waals surface area contributed by atoms with Crippen LogP contribution in [0, 0.1) is 10.1 Å². The third kappa shape index (κ3) is 3.08. The number of non-ortho nitro benzene ring substituents is 1. The lowest BCUT2D eigenvalue weighted by Gasteiger charge is -2.35. The van der Waals surface area contributed by atoms with E-state index in [2.05, 4.69) is 10.4 Å². The standard InChI is InChI=1S/C18H21N5O3/c1-21(16-9-12-5-6-13(10-16)19-12)18(24)17-7-8-22(20-17)14-3-2-4-15(11-14)23(25)26/h2-4,7-8,11-13,16,19H,5-6,9-10H2,1H3. The van der Waals surface area contributed by atoms with E-state index in [9.17, 15) is 14.9 Å². The van der Waals surface area contributed by atoms with E-state index in [0.29, 0.717) is 23.5 Å². The van der Waals surface area contributed by atoms with Gasteiger partial charge < -0.3 is 10.2 Å². The number of hydrogen-bond acceptors (Lipinski definition) is 5. The van der Waals surface area contributed by atoms with Gasteiger partial charge in [0, 0.05) is 43.5 Å². The monoisotopic (exact) mass is 355 g/mol.